The van der Waals surface area contributed by atoms with E-state index in [-0.39, 0.29) is 12.8 Å². The van der Waals surface area contributed by atoms with E-state index in [0.717, 1.165) is 35.1 Å². The maximum absolute atomic E-state index is 13.0. The zero-order chi connectivity index (χ0) is 23.0. The lowest BCUT2D eigenvalue weighted by molar-refractivity contribution is -0.171. The van der Waals surface area contributed by atoms with Gasteiger partial charge in [0, 0.05) is 11.1 Å². The van der Waals surface area contributed by atoms with Gasteiger partial charge in [-0.3, -0.25) is 9.59 Å². The molecule has 2 unspecified atom stereocenters. The predicted molar refractivity (Wildman–Crippen MR) is 112 cm³/mol. The van der Waals surface area contributed by atoms with E-state index in [4.69, 9.17) is 4.74 Å². The Bertz CT molecular complexity index is 998. The van der Waals surface area contributed by atoms with Crippen LogP contribution in [-0.4, -0.2) is 24.0 Å². The summed E-state index contributed by atoms with van der Waals surface area (Å²) in [5, 5.41) is 4.84. The van der Waals surface area contributed by atoms with Crippen molar-refractivity contribution in [1.29, 1.82) is 0 Å². The van der Waals surface area contributed by atoms with Crippen LogP contribution in [-0.2, 0) is 22.4 Å². The van der Waals surface area contributed by atoms with Crippen LogP contribution in [0.4, 0.5) is 13.2 Å². The summed E-state index contributed by atoms with van der Waals surface area (Å²) >= 11 is 0. The van der Waals surface area contributed by atoms with Crippen molar-refractivity contribution in [1.82, 2.24) is 10.6 Å². The number of carbonyl (C=O) groups is 2. The number of hydrogen-bond donors (Lipinski definition) is 2. The molecule has 8 heteroatoms. The van der Waals surface area contributed by atoms with E-state index in [1.165, 1.54) is 0 Å². The van der Waals surface area contributed by atoms with Crippen molar-refractivity contribution >= 4 is 11.8 Å². The van der Waals surface area contributed by atoms with Gasteiger partial charge in [0.1, 0.15) is 23.5 Å². The highest BCUT2D eigenvalue weighted by Crippen LogP contribution is 2.44. The first kappa shape index (κ1) is 22.2. The van der Waals surface area contributed by atoms with E-state index >= 15 is 0 Å². The van der Waals surface area contributed by atoms with E-state index in [9.17, 15) is 22.8 Å². The van der Waals surface area contributed by atoms with Gasteiger partial charge in [-0.15, -0.1) is 0 Å². The van der Waals surface area contributed by atoms with Crippen molar-refractivity contribution in [2.45, 2.75) is 57.8 Å². The molecule has 1 fully saturated rings. The molecule has 2 aromatic carbocycles. The number of aryl methyl sites for hydroxylation is 2. The zero-order valence-corrected chi connectivity index (χ0v) is 17.9. The molecular formula is C24H25F3N2O3. The fourth-order valence-electron chi connectivity index (χ4n) is 4.24. The number of amides is 2. The van der Waals surface area contributed by atoms with Crippen LogP contribution in [0.5, 0.6) is 11.5 Å². The van der Waals surface area contributed by atoms with Crippen LogP contribution < -0.4 is 15.4 Å². The minimum atomic E-state index is -4.52. The van der Waals surface area contributed by atoms with Crippen molar-refractivity contribution in [2.24, 2.45) is 5.92 Å². The normalized spacial score (nSPS) is 20.6. The molecule has 2 heterocycles. The topological polar surface area (TPSA) is 67.4 Å². The Balaban J connectivity index is 1.62. The Morgan fingerprint density at radius 2 is 1.59 bits per heavy atom. The number of fused-ring (bicyclic) bond motifs is 2. The SMILES string of the molecule is CCc1ccc2c(c1)Oc1cc(CC)ccc1C2NC(=O)C1CCC(C(F)(F)F)NC1=O. The number of hydrogen-bond acceptors (Lipinski definition) is 3. The molecule has 1 saturated heterocycles. The molecule has 2 aliphatic rings. The quantitative estimate of drug-likeness (QED) is 0.676. The van der Waals surface area contributed by atoms with Gasteiger partial charge in [-0.1, -0.05) is 38.1 Å². The summed E-state index contributed by atoms with van der Waals surface area (Å²) in [5.41, 5.74) is 3.65. The summed E-state index contributed by atoms with van der Waals surface area (Å²) in [6, 6.07) is 9.05. The van der Waals surface area contributed by atoms with Crippen LogP contribution in [0.1, 0.15) is 55.0 Å². The summed E-state index contributed by atoms with van der Waals surface area (Å²) in [7, 11) is 0. The van der Waals surface area contributed by atoms with Gasteiger partial charge in [0.2, 0.25) is 11.8 Å². The fraction of sp³-hybridized carbons (Fsp3) is 0.417. The van der Waals surface area contributed by atoms with Gasteiger partial charge in [0.15, 0.2) is 0 Å². The van der Waals surface area contributed by atoms with Gasteiger partial charge in [0.05, 0.1) is 6.04 Å². The average molecular weight is 446 g/mol. The molecule has 170 valence electrons. The van der Waals surface area contributed by atoms with Crippen molar-refractivity contribution in [3.05, 3.63) is 58.7 Å². The Hall–Kier alpha value is -3.03. The molecule has 2 N–H and O–H groups in total. The van der Waals surface area contributed by atoms with E-state index < -0.39 is 36.0 Å². The molecule has 0 saturated carbocycles. The van der Waals surface area contributed by atoms with Crippen molar-refractivity contribution in [3.8, 4) is 11.5 Å². The van der Waals surface area contributed by atoms with Crippen LogP contribution in [0.3, 0.4) is 0 Å². The predicted octanol–water partition coefficient (Wildman–Crippen LogP) is 4.58. The molecule has 32 heavy (non-hydrogen) atoms. The number of ether oxygens (including phenoxy) is 1. The summed E-state index contributed by atoms with van der Waals surface area (Å²) in [5.74, 6) is -1.41. The number of benzene rings is 2. The van der Waals surface area contributed by atoms with Crippen LogP contribution in [0.25, 0.3) is 0 Å². The van der Waals surface area contributed by atoms with Gasteiger partial charge in [0.25, 0.3) is 0 Å². The van der Waals surface area contributed by atoms with Gasteiger partial charge >= 0.3 is 6.18 Å². The Kier molecular flexibility index (Phi) is 5.88. The Morgan fingerprint density at radius 3 is 2.06 bits per heavy atom. The highest BCUT2D eigenvalue weighted by atomic mass is 19.4. The standard InChI is InChI=1S/C24H25F3N2O3/c1-3-13-5-7-15-18(11-13)32-19-12-14(4-2)6-8-16(19)21(15)29-23(31)17-9-10-20(24(25,26)27)28-22(17)30/h5-8,11-12,17,20-21H,3-4,9-10H2,1-2H3,(H,28,30)(H,29,31). The number of halogens is 3. The minimum absolute atomic E-state index is 0.158. The second kappa shape index (κ2) is 8.48. The summed E-state index contributed by atoms with van der Waals surface area (Å²) in [6.07, 6.45) is -3.37. The Labute approximate surface area is 184 Å². The second-order valence-electron chi connectivity index (χ2n) is 8.23. The molecular weight excluding hydrogens is 421 g/mol. The third-order valence-corrected chi connectivity index (χ3v) is 6.19. The molecule has 2 amide bonds. The molecule has 0 radical (unpaired) electrons. The van der Waals surface area contributed by atoms with Gasteiger partial charge < -0.3 is 15.4 Å². The van der Waals surface area contributed by atoms with Crippen molar-refractivity contribution < 1.29 is 27.5 Å². The smallest absolute Gasteiger partial charge is 0.408 e. The number of piperidine rings is 1. The number of carbonyl (C=O) groups excluding carboxylic acids is 2. The van der Waals surface area contributed by atoms with E-state index in [1.54, 1.807) is 0 Å². The van der Waals surface area contributed by atoms with Gasteiger partial charge in [-0.05, 0) is 48.9 Å². The maximum atomic E-state index is 13.0. The number of rotatable bonds is 4. The van der Waals surface area contributed by atoms with Crippen molar-refractivity contribution in [3.63, 3.8) is 0 Å². The summed E-state index contributed by atoms with van der Waals surface area (Å²) < 4.78 is 45.0. The lowest BCUT2D eigenvalue weighted by atomic mass is 9.89. The van der Waals surface area contributed by atoms with Crippen LogP contribution >= 0.6 is 0 Å². The molecule has 5 nitrogen and oxygen atoms in total. The van der Waals surface area contributed by atoms with Crippen LogP contribution in [0.2, 0.25) is 0 Å². The fourth-order valence-corrected chi connectivity index (χ4v) is 4.24. The first-order chi connectivity index (χ1) is 15.2. The van der Waals surface area contributed by atoms with Crippen LogP contribution in [0, 0.1) is 5.92 Å². The molecule has 2 aliphatic heterocycles. The van der Waals surface area contributed by atoms with E-state index in [2.05, 4.69) is 5.32 Å². The van der Waals surface area contributed by atoms with Crippen molar-refractivity contribution in [2.75, 3.05) is 0 Å². The summed E-state index contributed by atoms with van der Waals surface area (Å²) in [4.78, 5) is 25.3. The number of alkyl halides is 3. The molecule has 0 spiro atoms. The lowest BCUT2D eigenvalue weighted by Gasteiger charge is -2.33. The molecule has 0 aromatic heterocycles. The van der Waals surface area contributed by atoms with Gasteiger partial charge in [-0.25, -0.2) is 0 Å². The first-order valence-corrected chi connectivity index (χ1v) is 10.8. The van der Waals surface area contributed by atoms with Crippen LogP contribution in [0.15, 0.2) is 36.4 Å². The van der Waals surface area contributed by atoms with E-state index in [1.807, 2.05) is 55.6 Å². The van der Waals surface area contributed by atoms with Gasteiger partial charge in [-0.2, -0.15) is 13.2 Å². The molecule has 0 aliphatic carbocycles. The van der Waals surface area contributed by atoms with E-state index in [0.29, 0.717) is 11.5 Å². The molecule has 0 bridgehead atoms. The summed E-state index contributed by atoms with van der Waals surface area (Å²) in [6.45, 7) is 4.06. The molecule has 4 rings (SSSR count). The largest absolute Gasteiger partial charge is 0.457 e. The third-order valence-electron chi connectivity index (χ3n) is 6.19. The molecule has 2 atom stereocenters. The Morgan fingerprint density at radius 1 is 1.03 bits per heavy atom. The zero-order valence-electron chi connectivity index (χ0n) is 17.9. The minimum Gasteiger partial charge on any atom is -0.457 e. The average Bonchev–Trinajstić information content (AvgIpc) is 2.77. The highest BCUT2D eigenvalue weighted by molar-refractivity contribution is 6.01. The highest BCUT2D eigenvalue weighted by Gasteiger charge is 2.46. The second-order valence-corrected chi connectivity index (χ2v) is 8.23. The monoisotopic (exact) mass is 446 g/mol. The lowest BCUT2D eigenvalue weighted by Crippen LogP contribution is -2.54. The third kappa shape index (κ3) is 4.18. The maximum Gasteiger partial charge on any atom is 0.408 e. The first-order valence-electron chi connectivity index (χ1n) is 10.8. The number of nitrogens with one attached hydrogen (secondary N) is 2. The molecule has 2 aromatic rings.